The molecule has 3 rings (SSSR count). The Bertz CT molecular complexity index is 983. The van der Waals surface area contributed by atoms with Crippen LogP contribution >= 0.6 is 11.3 Å². The van der Waals surface area contributed by atoms with Crippen LogP contribution in [0.15, 0.2) is 58.9 Å². The second kappa shape index (κ2) is 10.1. The lowest BCUT2D eigenvalue weighted by atomic mass is 10.1. The molecule has 1 aromatic heterocycles. The van der Waals surface area contributed by atoms with Crippen LogP contribution in [0.5, 0.6) is 11.5 Å². The molecule has 1 heterocycles. The molecule has 0 saturated carbocycles. The zero-order chi connectivity index (χ0) is 21.5. The molecule has 0 atom stereocenters. The fourth-order valence-corrected chi connectivity index (χ4v) is 3.64. The van der Waals surface area contributed by atoms with E-state index in [-0.39, 0.29) is 5.75 Å². The predicted molar refractivity (Wildman–Crippen MR) is 126 cm³/mol. The lowest BCUT2D eigenvalue weighted by Crippen LogP contribution is -2.17. The zero-order valence-electron chi connectivity index (χ0n) is 17.6. The zero-order valence-corrected chi connectivity index (χ0v) is 18.4. The number of aromatic hydroxyl groups is 1. The Kier molecular flexibility index (Phi) is 7.32. The highest BCUT2D eigenvalue weighted by Gasteiger charge is 2.11. The van der Waals surface area contributed by atoms with E-state index in [1.807, 2.05) is 60.8 Å². The molecular weight excluding hydrogens is 396 g/mol. The number of anilines is 1. The second-order valence-corrected chi connectivity index (χ2v) is 8.07. The standard InChI is InChI=1S/C23H28N4O2S/c1-27(2)19-13-17(22(28)20(14-19)29-3)15-25-11-10-16-6-8-18(9-7-16)26-23(24)21-5-4-12-30-21/h4-9,12-14,25,28H,10-11,15H2,1-3H3,(H2,24,26). The van der Waals surface area contributed by atoms with Gasteiger partial charge in [0.1, 0.15) is 5.84 Å². The van der Waals surface area contributed by atoms with Crippen molar-refractivity contribution in [3.8, 4) is 11.5 Å². The van der Waals surface area contributed by atoms with Gasteiger partial charge in [0, 0.05) is 38.0 Å². The fraction of sp³-hybridized carbons (Fsp3) is 0.261. The molecule has 0 unspecified atom stereocenters. The Morgan fingerprint density at radius 3 is 2.60 bits per heavy atom. The van der Waals surface area contributed by atoms with E-state index in [1.54, 1.807) is 18.4 Å². The maximum atomic E-state index is 10.4. The minimum Gasteiger partial charge on any atom is -0.504 e. The maximum absolute atomic E-state index is 10.4. The van der Waals surface area contributed by atoms with Gasteiger partial charge in [-0.2, -0.15) is 0 Å². The van der Waals surface area contributed by atoms with Crippen LogP contribution in [0.2, 0.25) is 0 Å². The van der Waals surface area contributed by atoms with Crippen molar-refractivity contribution in [2.75, 3.05) is 32.6 Å². The van der Waals surface area contributed by atoms with Crippen molar-refractivity contribution in [3.63, 3.8) is 0 Å². The fourth-order valence-electron chi connectivity index (χ4n) is 3.01. The van der Waals surface area contributed by atoms with E-state index in [2.05, 4.69) is 22.4 Å². The number of nitrogens with two attached hydrogens (primary N) is 1. The summed E-state index contributed by atoms with van der Waals surface area (Å²) in [6.45, 7) is 1.34. The molecule has 0 fully saturated rings. The third-order valence-corrected chi connectivity index (χ3v) is 5.63. The number of phenols is 1. The molecule has 0 radical (unpaired) electrons. The van der Waals surface area contributed by atoms with Gasteiger partial charge in [-0.25, -0.2) is 4.99 Å². The topological polar surface area (TPSA) is 83.1 Å². The van der Waals surface area contributed by atoms with E-state index in [0.717, 1.165) is 34.8 Å². The first-order valence-electron chi connectivity index (χ1n) is 9.73. The summed E-state index contributed by atoms with van der Waals surface area (Å²) in [5.41, 5.74) is 9.89. The Balaban J connectivity index is 1.55. The highest BCUT2D eigenvalue weighted by Crippen LogP contribution is 2.34. The lowest BCUT2D eigenvalue weighted by molar-refractivity contribution is 0.370. The van der Waals surface area contributed by atoms with E-state index in [0.29, 0.717) is 18.1 Å². The Labute approximate surface area is 181 Å². The van der Waals surface area contributed by atoms with E-state index in [9.17, 15) is 5.11 Å². The number of amidine groups is 1. The molecule has 0 aliphatic rings. The lowest BCUT2D eigenvalue weighted by Gasteiger charge is -2.17. The molecule has 0 amide bonds. The summed E-state index contributed by atoms with van der Waals surface area (Å²) in [5.74, 6) is 1.20. The molecule has 0 aliphatic carbocycles. The quantitative estimate of drug-likeness (QED) is 0.276. The minimum absolute atomic E-state index is 0.182. The third kappa shape index (κ3) is 5.52. The maximum Gasteiger partial charge on any atom is 0.162 e. The molecule has 2 aromatic carbocycles. The van der Waals surface area contributed by atoms with Crippen LogP contribution in [0.25, 0.3) is 0 Å². The average Bonchev–Trinajstić information content (AvgIpc) is 3.28. The molecule has 4 N–H and O–H groups in total. The van der Waals surface area contributed by atoms with Gasteiger partial charge in [0.15, 0.2) is 11.5 Å². The largest absolute Gasteiger partial charge is 0.504 e. The van der Waals surface area contributed by atoms with Crippen molar-refractivity contribution in [2.45, 2.75) is 13.0 Å². The van der Waals surface area contributed by atoms with E-state index >= 15 is 0 Å². The van der Waals surface area contributed by atoms with Gasteiger partial charge in [-0.15, -0.1) is 11.3 Å². The van der Waals surface area contributed by atoms with E-state index in [4.69, 9.17) is 10.5 Å². The summed E-state index contributed by atoms with van der Waals surface area (Å²) < 4.78 is 5.29. The molecule has 0 aliphatic heterocycles. The number of aliphatic imine (C=N–C) groups is 1. The van der Waals surface area contributed by atoms with Crippen molar-refractivity contribution < 1.29 is 9.84 Å². The van der Waals surface area contributed by atoms with Crippen LogP contribution in [0.3, 0.4) is 0 Å². The van der Waals surface area contributed by atoms with Crippen molar-refractivity contribution in [3.05, 3.63) is 69.9 Å². The average molecular weight is 425 g/mol. The van der Waals surface area contributed by atoms with Gasteiger partial charge in [-0.05, 0) is 48.2 Å². The summed E-state index contributed by atoms with van der Waals surface area (Å²) in [6.07, 6.45) is 0.871. The number of ether oxygens (including phenoxy) is 1. The molecule has 3 aromatic rings. The molecule has 0 spiro atoms. The van der Waals surface area contributed by atoms with Crippen molar-refractivity contribution in [2.24, 2.45) is 10.7 Å². The van der Waals surface area contributed by atoms with Crippen molar-refractivity contribution >= 4 is 28.5 Å². The first kappa shape index (κ1) is 21.7. The number of hydrogen-bond donors (Lipinski definition) is 3. The van der Waals surface area contributed by atoms with Gasteiger partial charge in [0.05, 0.1) is 17.7 Å². The van der Waals surface area contributed by atoms with Crippen molar-refractivity contribution in [1.29, 1.82) is 0 Å². The molecule has 7 heteroatoms. The number of nitrogens with one attached hydrogen (secondary N) is 1. The van der Waals surface area contributed by atoms with Crippen LogP contribution in [0, 0.1) is 0 Å². The minimum atomic E-state index is 0.182. The number of nitrogens with zero attached hydrogens (tertiary/aromatic N) is 2. The Morgan fingerprint density at radius 1 is 1.20 bits per heavy atom. The molecule has 6 nitrogen and oxygen atoms in total. The number of hydrogen-bond acceptors (Lipinski definition) is 6. The molecular formula is C23H28N4O2S. The normalized spacial score (nSPS) is 11.5. The Morgan fingerprint density at radius 2 is 1.97 bits per heavy atom. The number of thiophene rings is 1. The Hall–Kier alpha value is -3.03. The molecule has 0 bridgehead atoms. The molecule has 30 heavy (non-hydrogen) atoms. The predicted octanol–water partition coefficient (Wildman–Crippen LogP) is 3.90. The summed E-state index contributed by atoms with van der Waals surface area (Å²) in [7, 11) is 5.49. The van der Waals surface area contributed by atoms with Gasteiger partial charge >= 0.3 is 0 Å². The number of benzene rings is 2. The van der Waals surface area contributed by atoms with E-state index in [1.165, 1.54) is 5.56 Å². The molecule has 0 saturated heterocycles. The first-order valence-corrected chi connectivity index (χ1v) is 10.6. The SMILES string of the molecule is COc1cc(N(C)C)cc(CNCCc2ccc(/N=C(\N)c3cccs3)cc2)c1O. The van der Waals surface area contributed by atoms with Gasteiger partial charge in [0.2, 0.25) is 0 Å². The second-order valence-electron chi connectivity index (χ2n) is 7.12. The molecule has 158 valence electrons. The van der Waals surface area contributed by atoms with Crippen LogP contribution in [-0.2, 0) is 13.0 Å². The monoisotopic (exact) mass is 424 g/mol. The highest BCUT2D eigenvalue weighted by atomic mass is 32.1. The van der Waals surface area contributed by atoms with Gasteiger partial charge in [0.25, 0.3) is 0 Å². The number of phenolic OH excluding ortho intramolecular Hbond substituents is 1. The number of methoxy groups -OCH3 is 1. The highest BCUT2D eigenvalue weighted by molar-refractivity contribution is 7.12. The summed E-state index contributed by atoms with van der Waals surface area (Å²) >= 11 is 1.58. The third-order valence-electron chi connectivity index (χ3n) is 4.74. The summed E-state index contributed by atoms with van der Waals surface area (Å²) in [4.78, 5) is 7.43. The van der Waals surface area contributed by atoms with Gasteiger partial charge in [-0.1, -0.05) is 18.2 Å². The van der Waals surface area contributed by atoms with Crippen molar-refractivity contribution in [1.82, 2.24) is 5.32 Å². The summed E-state index contributed by atoms with van der Waals surface area (Å²) in [6, 6.07) is 15.8. The van der Waals surface area contributed by atoms with Crippen LogP contribution in [0.1, 0.15) is 16.0 Å². The van der Waals surface area contributed by atoms with Crippen LogP contribution in [0.4, 0.5) is 11.4 Å². The smallest absolute Gasteiger partial charge is 0.162 e. The van der Waals surface area contributed by atoms with Crippen LogP contribution < -0.4 is 20.7 Å². The van der Waals surface area contributed by atoms with Gasteiger partial charge < -0.3 is 25.8 Å². The first-order chi connectivity index (χ1) is 14.5. The van der Waals surface area contributed by atoms with E-state index < -0.39 is 0 Å². The number of rotatable bonds is 9. The van der Waals surface area contributed by atoms with Crippen LogP contribution in [-0.4, -0.2) is 38.7 Å². The summed E-state index contributed by atoms with van der Waals surface area (Å²) in [5, 5.41) is 15.8. The van der Waals surface area contributed by atoms with Gasteiger partial charge in [-0.3, -0.25) is 0 Å².